The number of furan rings is 1. The van der Waals surface area contributed by atoms with Crippen molar-refractivity contribution >= 4 is 23.7 Å². The number of methoxy groups -OCH3 is 1. The Kier molecular flexibility index (Phi) is 5.81. The van der Waals surface area contributed by atoms with Crippen LogP contribution in [0.4, 0.5) is 0 Å². The highest BCUT2D eigenvalue weighted by Gasteiger charge is 2.66. The van der Waals surface area contributed by atoms with E-state index in [4.69, 9.17) is 18.6 Å². The molecule has 0 unspecified atom stereocenters. The molecule has 36 heavy (non-hydrogen) atoms. The van der Waals surface area contributed by atoms with Crippen molar-refractivity contribution in [3.05, 3.63) is 66.1 Å². The van der Waals surface area contributed by atoms with Gasteiger partial charge in [-0.3, -0.25) is 19.4 Å². The molecule has 2 aromatic rings. The van der Waals surface area contributed by atoms with Crippen LogP contribution in [-0.4, -0.2) is 35.8 Å². The first-order valence-corrected chi connectivity index (χ1v) is 11.9. The molecule has 3 aliphatic rings. The summed E-state index contributed by atoms with van der Waals surface area (Å²) in [6.07, 6.45) is 7.95. The molecule has 188 valence electrons. The van der Waals surface area contributed by atoms with Crippen molar-refractivity contribution in [1.29, 1.82) is 0 Å². The zero-order valence-corrected chi connectivity index (χ0v) is 20.3. The fourth-order valence-electron chi connectivity index (χ4n) is 6.53. The van der Waals surface area contributed by atoms with E-state index in [0.29, 0.717) is 24.8 Å². The van der Waals surface area contributed by atoms with Crippen LogP contribution in [0.5, 0.6) is 0 Å². The van der Waals surface area contributed by atoms with Gasteiger partial charge in [-0.1, -0.05) is 13.8 Å². The molecule has 0 radical (unpaired) electrons. The fraction of sp³-hybridized carbons (Fsp3) is 0.444. The highest BCUT2D eigenvalue weighted by molar-refractivity contribution is 6.03. The molecule has 9 heteroatoms. The molecular formula is C27H27NO8. The molecule has 2 fully saturated rings. The number of hydrogen-bond acceptors (Lipinski definition) is 9. The zero-order chi connectivity index (χ0) is 25.7. The van der Waals surface area contributed by atoms with Crippen LogP contribution < -0.4 is 0 Å². The van der Waals surface area contributed by atoms with Crippen LogP contribution >= 0.6 is 0 Å². The molecule has 0 aromatic carbocycles. The second-order valence-corrected chi connectivity index (χ2v) is 10.2. The van der Waals surface area contributed by atoms with Crippen LogP contribution in [0.1, 0.15) is 55.1 Å². The van der Waals surface area contributed by atoms with Crippen molar-refractivity contribution in [2.75, 3.05) is 7.11 Å². The van der Waals surface area contributed by atoms with E-state index in [-0.39, 0.29) is 17.3 Å². The molecule has 5 rings (SSSR count). The SMILES string of the molecule is COC(=O)[C@@H]1C=C(OC(=O)c2ccncc2)C(=O)[C@H]2[C@@]1(C)CC[C@H]1C(=O)O[C@H](c3ccoc3)C[C@]21C. The summed E-state index contributed by atoms with van der Waals surface area (Å²) in [6.45, 7) is 3.77. The average molecular weight is 494 g/mol. The van der Waals surface area contributed by atoms with Gasteiger partial charge in [0.25, 0.3) is 0 Å². The van der Waals surface area contributed by atoms with E-state index in [9.17, 15) is 19.2 Å². The molecule has 9 nitrogen and oxygen atoms in total. The molecular weight excluding hydrogens is 466 g/mol. The van der Waals surface area contributed by atoms with E-state index < -0.39 is 52.4 Å². The van der Waals surface area contributed by atoms with Gasteiger partial charge in [0.15, 0.2) is 5.76 Å². The summed E-state index contributed by atoms with van der Waals surface area (Å²) in [5, 5.41) is 0. The Bertz CT molecular complexity index is 1240. The average Bonchev–Trinajstić information content (AvgIpc) is 3.40. The first-order chi connectivity index (χ1) is 17.2. The summed E-state index contributed by atoms with van der Waals surface area (Å²) >= 11 is 0. The van der Waals surface area contributed by atoms with Crippen LogP contribution in [-0.2, 0) is 28.6 Å². The maximum absolute atomic E-state index is 14.1. The number of carbonyl (C=O) groups is 4. The van der Waals surface area contributed by atoms with Gasteiger partial charge in [-0.05, 0) is 54.4 Å². The van der Waals surface area contributed by atoms with Gasteiger partial charge in [0.2, 0.25) is 5.78 Å². The van der Waals surface area contributed by atoms with Crippen molar-refractivity contribution in [3.63, 3.8) is 0 Å². The number of nitrogens with zero attached hydrogens (tertiary/aromatic N) is 1. The van der Waals surface area contributed by atoms with Gasteiger partial charge in [-0.2, -0.15) is 0 Å². The molecule has 2 aromatic heterocycles. The van der Waals surface area contributed by atoms with Crippen LogP contribution in [0.2, 0.25) is 0 Å². The predicted octanol–water partition coefficient (Wildman–Crippen LogP) is 3.81. The van der Waals surface area contributed by atoms with Crippen molar-refractivity contribution in [2.45, 2.75) is 39.2 Å². The van der Waals surface area contributed by atoms with Gasteiger partial charge < -0.3 is 18.6 Å². The third-order valence-corrected chi connectivity index (χ3v) is 8.28. The molecule has 1 aliphatic heterocycles. The minimum absolute atomic E-state index is 0.213. The number of aromatic nitrogens is 1. The van der Waals surface area contributed by atoms with Gasteiger partial charge in [-0.15, -0.1) is 0 Å². The molecule has 0 spiro atoms. The van der Waals surface area contributed by atoms with Crippen LogP contribution in [0, 0.1) is 28.6 Å². The van der Waals surface area contributed by atoms with Crippen LogP contribution in [0.3, 0.4) is 0 Å². The van der Waals surface area contributed by atoms with Gasteiger partial charge in [0, 0.05) is 23.9 Å². The Morgan fingerprint density at radius 2 is 1.86 bits per heavy atom. The minimum atomic E-state index is -0.865. The summed E-state index contributed by atoms with van der Waals surface area (Å²) in [7, 11) is 1.29. The largest absolute Gasteiger partial charge is 0.472 e. The Morgan fingerprint density at radius 1 is 1.11 bits per heavy atom. The molecule has 0 amide bonds. The summed E-state index contributed by atoms with van der Waals surface area (Å²) in [4.78, 5) is 56.9. The number of Topliss-reactive ketones (excluding diaryl/α,β-unsaturated/α-hetero) is 1. The van der Waals surface area contributed by atoms with Crippen LogP contribution in [0.15, 0.2) is 59.4 Å². The van der Waals surface area contributed by atoms with Gasteiger partial charge in [-0.25, -0.2) is 4.79 Å². The molecule has 1 saturated carbocycles. The fourth-order valence-corrected chi connectivity index (χ4v) is 6.53. The lowest BCUT2D eigenvalue weighted by Gasteiger charge is -2.59. The number of rotatable bonds is 4. The number of cyclic esters (lactones) is 1. The topological polar surface area (TPSA) is 122 Å². The maximum atomic E-state index is 14.1. The minimum Gasteiger partial charge on any atom is -0.472 e. The van der Waals surface area contributed by atoms with Gasteiger partial charge in [0.05, 0.1) is 37.0 Å². The Morgan fingerprint density at radius 3 is 2.53 bits per heavy atom. The quantitative estimate of drug-likeness (QED) is 0.462. The Hall–Kier alpha value is -3.75. The highest BCUT2D eigenvalue weighted by Crippen LogP contribution is 2.64. The van der Waals surface area contributed by atoms with E-state index in [1.54, 1.807) is 6.07 Å². The lowest BCUT2D eigenvalue weighted by atomic mass is 9.44. The van der Waals surface area contributed by atoms with Crippen molar-refractivity contribution in [3.8, 4) is 0 Å². The molecule has 3 heterocycles. The number of ether oxygens (including phenoxy) is 3. The Labute approximate surface area is 207 Å². The predicted molar refractivity (Wildman–Crippen MR) is 123 cm³/mol. The van der Waals surface area contributed by atoms with Crippen LogP contribution in [0.25, 0.3) is 0 Å². The van der Waals surface area contributed by atoms with E-state index in [0.717, 1.165) is 0 Å². The third-order valence-electron chi connectivity index (χ3n) is 8.28. The second kappa shape index (κ2) is 8.72. The first kappa shape index (κ1) is 24.0. The number of fused-ring (bicyclic) bond motifs is 3. The standard InChI is InChI=1S/C27H27NO8/c1-26-8-4-17-25(32)36-20(16-7-11-34-14-16)13-27(17,2)22(26)21(29)19(12-18(26)24(31)33-3)35-23(30)15-5-9-28-10-6-15/h5-7,9-12,14,17-18,20,22H,4,8,13H2,1-3H3/t17-,18-,20-,22-,26-,27-/m0/s1. The van der Waals surface area contributed by atoms with E-state index in [1.807, 2.05) is 13.8 Å². The lowest BCUT2D eigenvalue weighted by molar-refractivity contribution is -0.197. The smallest absolute Gasteiger partial charge is 0.343 e. The van der Waals surface area contributed by atoms with Crippen molar-refractivity contribution in [1.82, 2.24) is 4.98 Å². The number of ketones is 1. The van der Waals surface area contributed by atoms with Gasteiger partial charge >= 0.3 is 17.9 Å². The lowest BCUT2D eigenvalue weighted by Crippen LogP contribution is -2.61. The highest BCUT2D eigenvalue weighted by atomic mass is 16.6. The summed E-state index contributed by atoms with van der Waals surface area (Å²) in [6, 6.07) is 4.68. The maximum Gasteiger partial charge on any atom is 0.343 e. The number of hydrogen-bond donors (Lipinski definition) is 0. The summed E-state index contributed by atoms with van der Waals surface area (Å²) in [5.74, 6) is -4.45. The number of pyridine rings is 1. The number of allylic oxidation sites excluding steroid dienone is 1. The molecule has 6 atom stereocenters. The summed E-state index contributed by atoms with van der Waals surface area (Å²) < 4.78 is 21.6. The van der Waals surface area contributed by atoms with Crippen molar-refractivity contribution in [2.24, 2.45) is 28.6 Å². The molecule has 1 saturated heterocycles. The molecule has 0 bridgehead atoms. The summed E-state index contributed by atoms with van der Waals surface area (Å²) in [5.41, 5.74) is -0.796. The van der Waals surface area contributed by atoms with Gasteiger partial charge in [0.1, 0.15) is 6.10 Å². The second-order valence-electron chi connectivity index (χ2n) is 10.2. The zero-order valence-electron chi connectivity index (χ0n) is 20.3. The normalized spacial score (nSPS) is 33.5. The molecule has 2 aliphatic carbocycles. The van der Waals surface area contributed by atoms with Crippen molar-refractivity contribution < 1.29 is 37.8 Å². The monoisotopic (exact) mass is 493 g/mol. The number of carbonyl (C=O) groups excluding carboxylic acids is 4. The first-order valence-electron chi connectivity index (χ1n) is 11.9. The number of esters is 3. The molecule has 0 N–H and O–H groups in total. The third kappa shape index (κ3) is 3.65. The van der Waals surface area contributed by atoms with E-state index >= 15 is 0 Å². The Balaban J connectivity index is 1.57. The van der Waals surface area contributed by atoms with E-state index in [1.165, 1.54) is 50.2 Å². The van der Waals surface area contributed by atoms with E-state index in [2.05, 4.69) is 4.98 Å².